The van der Waals surface area contributed by atoms with Crippen LogP contribution in [0.4, 0.5) is 0 Å². The molecule has 1 atom stereocenters. The van der Waals surface area contributed by atoms with Gasteiger partial charge in [0.05, 0.1) is 15.9 Å². The van der Waals surface area contributed by atoms with Crippen LogP contribution in [0.2, 0.25) is 0 Å². The van der Waals surface area contributed by atoms with E-state index in [1.807, 2.05) is 11.7 Å². The summed E-state index contributed by atoms with van der Waals surface area (Å²) in [5.74, 6) is 0.927. The maximum atomic E-state index is 6.35. The molecule has 1 aliphatic carbocycles. The number of halogens is 1. The van der Waals surface area contributed by atoms with Gasteiger partial charge in [0, 0.05) is 19.5 Å². The van der Waals surface area contributed by atoms with Crippen LogP contribution in [0.5, 0.6) is 0 Å². The molecule has 20 heavy (non-hydrogen) atoms. The zero-order valence-corrected chi connectivity index (χ0v) is 14.5. The minimum absolute atomic E-state index is 0.258. The van der Waals surface area contributed by atoms with E-state index in [1.165, 1.54) is 44.2 Å². The highest BCUT2D eigenvalue weighted by atomic mass is 79.9. The summed E-state index contributed by atoms with van der Waals surface area (Å²) in [5.41, 5.74) is 8.74. The predicted octanol–water partition coefficient (Wildman–Crippen LogP) is 3.98. The fraction of sp³-hybridized carbons (Fsp3) is 0.812. The van der Waals surface area contributed by atoms with Gasteiger partial charge in [-0.3, -0.25) is 4.68 Å². The summed E-state index contributed by atoms with van der Waals surface area (Å²) < 4.78 is 3.15. The SMILES string of the molecule is CCc1nn(C)c(CC(N)CCC2CCCCC2)c1Br. The van der Waals surface area contributed by atoms with Gasteiger partial charge in [-0.1, -0.05) is 39.0 Å². The van der Waals surface area contributed by atoms with Gasteiger partial charge < -0.3 is 5.73 Å². The van der Waals surface area contributed by atoms with E-state index in [-0.39, 0.29) is 6.04 Å². The van der Waals surface area contributed by atoms with Gasteiger partial charge in [0.1, 0.15) is 0 Å². The lowest BCUT2D eigenvalue weighted by Gasteiger charge is -2.23. The highest BCUT2D eigenvalue weighted by Crippen LogP contribution is 2.28. The molecule has 4 heteroatoms. The van der Waals surface area contributed by atoms with Gasteiger partial charge in [-0.2, -0.15) is 5.10 Å². The molecule has 0 spiro atoms. The first-order valence-electron chi connectivity index (χ1n) is 8.07. The van der Waals surface area contributed by atoms with Crippen molar-refractivity contribution in [2.75, 3.05) is 0 Å². The van der Waals surface area contributed by atoms with E-state index in [1.54, 1.807) is 0 Å². The van der Waals surface area contributed by atoms with Crippen molar-refractivity contribution in [1.29, 1.82) is 0 Å². The number of hydrogen-bond acceptors (Lipinski definition) is 2. The Morgan fingerprint density at radius 1 is 1.35 bits per heavy atom. The fourth-order valence-electron chi connectivity index (χ4n) is 3.32. The van der Waals surface area contributed by atoms with E-state index >= 15 is 0 Å². The minimum atomic E-state index is 0.258. The third-order valence-electron chi connectivity index (χ3n) is 4.63. The molecule has 1 unspecified atom stereocenters. The van der Waals surface area contributed by atoms with Crippen LogP contribution in [0.1, 0.15) is 63.3 Å². The van der Waals surface area contributed by atoms with Crippen molar-refractivity contribution in [1.82, 2.24) is 9.78 Å². The van der Waals surface area contributed by atoms with Crippen LogP contribution in [0.3, 0.4) is 0 Å². The number of nitrogens with two attached hydrogens (primary N) is 1. The number of nitrogens with zero attached hydrogens (tertiary/aromatic N) is 2. The highest BCUT2D eigenvalue weighted by molar-refractivity contribution is 9.10. The first-order chi connectivity index (χ1) is 9.61. The quantitative estimate of drug-likeness (QED) is 0.850. The summed E-state index contributed by atoms with van der Waals surface area (Å²) in [6.45, 7) is 2.14. The average molecular weight is 342 g/mol. The van der Waals surface area contributed by atoms with Crippen molar-refractivity contribution in [3.8, 4) is 0 Å². The standard InChI is InChI=1S/C16H28BrN3/c1-3-14-16(17)15(20(2)19-14)11-13(18)10-9-12-7-5-4-6-8-12/h12-13H,3-11,18H2,1-2H3. The molecule has 1 heterocycles. The molecule has 2 N–H and O–H groups in total. The Balaban J connectivity index is 1.84. The van der Waals surface area contributed by atoms with E-state index in [9.17, 15) is 0 Å². The van der Waals surface area contributed by atoms with Gasteiger partial charge in [-0.25, -0.2) is 0 Å². The van der Waals surface area contributed by atoms with Crippen LogP contribution in [-0.4, -0.2) is 15.8 Å². The van der Waals surface area contributed by atoms with Gasteiger partial charge in [-0.15, -0.1) is 0 Å². The lowest BCUT2D eigenvalue weighted by molar-refractivity contribution is 0.322. The van der Waals surface area contributed by atoms with Crippen LogP contribution in [0, 0.1) is 5.92 Å². The molecule has 2 rings (SSSR count). The Labute approximate surface area is 131 Å². The van der Waals surface area contributed by atoms with Crippen LogP contribution < -0.4 is 5.73 Å². The summed E-state index contributed by atoms with van der Waals surface area (Å²) in [6, 6.07) is 0.258. The second-order valence-corrected chi connectivity index (χ2v) is 7.02. The molecular formula is C16H28BrN3. The normalized spacial score (nSPS) is 18.4. The van der Waals surface area contributed by atoms with Gasteiger partial charge in [0.2, 0.25) is 0 Å². The molecule has 0 saturated heterocycles. The highest BCUT2D eigenvalue weighted by Gasteiger charge is 2.18. The van der Waals surface area contributed by atoms with Gasteiger partial charge in [0.25, 0.3) is 0 Å². The van der Waals surface area contributed by atoms with Crippen LogP contribution in [-0.2, 0) is 19.9 Å². The minimum Gasteiger partial charge on any atom is -0.327 e. The lowest BCUT2D eigenvalue weighted by Crippen LogP contribution is -2.25. The molecule has 0 radical (unpaired) electrons. The van der Waals surface area contributed by atoms with Crippen molar-refractivity contribution in [3.63, 3.8) is 0 Å². The van der Waals surface area contributed by atoms with Gasteiger partial charge >= 0.3 is 0 Å². The van der Waals surface area contributed by atoms with Crippen molar-refractivity contribution in [2.24, 2.45) is 18.7 Å². The molecule has 0 bridgehead atoms. The molecule has 1 aromatic rings. The average Bonchev–Trinajstić information content (AvgIpc) is 2.73. The summed E-state index contributed by atoms with van der Waals surface area (Å²) in [5, 5.41) is 4.55. The molecule has 1 aliphatic rings. The Bertz CT molecular complexity index is 422. The van der Waals surface area contributed by atoms with E-state index in [0.717, 1.165) is 35.3 Å². The zero-order chi connectivity index (χ0) is 14.5. The predicted molar refractivity (Wildman–Crippen MR) is 87.8 cm³/mol. The fourth-order valence-corrected chi connectivity index (χ4v) is 4.10. The van der Waals surface area contributed by atoms with E-state index < -0.39 is 0 Å². The molecule has 1 saturated carbocycles. The summed E-state index contributed by atoms with van der Waals surface area (Å²) in [6.07, 6.45) is 11.5. The largest absolute Gasteiger partial charge is 0.327 e. The molecule has 1 aromatic heterocycles. The Hall–Kier alpha value is -0.350. The van der Waals surface area contributed by atoms with Crippen LogP contribution >= 0.6 is 15.9 Å². The maximum Gasteiger partial charge on any atom is 0.0766 e. The van der Waals surface area contributed by atoms with Crippen molar-refractivity contribution in [3.05, 3.63) is 15.9 Å². The monoisotopic (exact) mass is 341 g/mol. The van der Waals surface area contributed by atoms with E-state index in [2.05, 4.69) is 28.0 Å². The van der Waals surface area contributed by atoms with Crippen LogP contribution in [0.25, 0.3) is 0 Å². The van der Waals surface area contributed by atoms with Gasteiger partial charge in [0.15, 0.2) is 0 Å². The Morgan fingerprint density at radius 3 is 2.65 bits per heavy atom. The van der Waals surface area contributed by atoms with Crippen LogP contribution in [0.15, 0.2) is 4.47 Å². The zero-order valence-electron chi connectivity index (χ0n) is 12.9. The Morgan fingerprint density at radius 2 is 2.05 bits per heavy atom. The third kappa shape index (κ3) is 4.08. The lowest BCUT2D eigenvalue weighted by atomic mass is 9.85. The molecule has 0 amide bonds. The van der Waals surface area contributed by atoms with Crippen molar-refractivity contribution < 1.29 is 0 Å². The molecule has 0 aliphatic heterocycles. The van der Waals surface area contributed by atoms with E-state index in [0.29, 0.717) is 0 Å². The molecular weight excluding hydrogens is 314 g/mol. The number of aromatic nitrogens is 2. The van der Waals surface area contributed by atoms with Crippen molar-refractivity contribution >= 4 is 15.9 Å². The number of aryl methyl sites for hydroxylation is 2. The molecule has 114 valence electrons. The molecule has 1 fully saturated rings. The second kappa shape index (κ2) is 7.60. The third-order valence-corrected chi connectivity index (χ3v) is 5.54. The smallest absolute Gasteiger partial charge is 0.0766 e. The number of hydrogen-bond donors (Lipinski definition) is 1. The summed E-state index contributed by atoms with van der Waals surface area (Å²) in [4.78, 5) is 0. The Kier molecular flexibility index (Phi) is 6.09. The van der Waals surface area contributed by atoms with Gasteiger partial charge in [-0.05, 0) is 41.1 Å². The number of rotatable bonds is 6. The summed E-state index contributed by atoms with van der Waals surface area (Å²) in [7, 11) is 2.02. The topological polar surface area (TPSA) is 43.8 Å². The summed E-state index contributed by atoms with van der Waals surface area (Å²) >= 11 is 3.68. The van der Waals surface area contributed by atoms with Crippen molar-refractivity contribution in [2.45, 2.75) is 70.8 Å². The second-order valence-electron chi connectivity index (χ2n) is 6.23. The maximum absolute atomic E-state index is 6.35. The molecule has 3 nitrogen and oxygen atoms in total. The molecule has 0 aromatic carbocycles. The first-order valence-corrected chi connectivity index (χ1v) is 8.87. The first kappa shape index (κ1) is 16.0. The van der Waals surface area contributed by atoms with E-state index in [4.69, 9.17) is 5.73 Å².